The van der Waals surface area contributed by atoms with Crippen molar-refractivity contribution in [3.05, 3.63) is 101 Å². The standard InChI is InChI=1S/C24H21ClN2O2/c25-20-12-10-18(11-13-20)23(28)26-22-9-5-4-8-21(22)24(29)27-15-14-19(16-27)17-6-2-1-3-7-17/h1-13,19H,14-16H2,(H,26,28). The molecule has 1 heterocycles. The van der Waals surface area contributed by atoms with Crippen molar-refractivity contribution in [2.45, 2.75) is 12.3 Å². The van der Waals surface area contributed by atoms with Crippen LogP contribution in [-0.2, 0) is 0 Å². The summed E-state index contributed by atoms with van der Waals surface area (Å²) in [6, 6.07) is 24.1. The van der Waals surface area contributed by atoms with Crippen LogP contribution >= 0.6 is 11.6 Å². The van der Waals surface area contributed by atoms with Crippen LogP contribution in [0, 0.1) is 0 Å². The highest BCUT2D eigenvalue weighted by Gasteiger charge is 2.29. The van der Waals surface area contributed by atoms with Gasteiger partial charge in [0, 0.05) is 29.6 Å². The molecule has 1 unspecified atom stereocenters. The van der Waals surface area contributed by atoms with E-state index in [0.29, 0.717) is 40.8 Å². The van der Waals surface area contributed by atoms with E-state index in [1.54, 1.807) is 36.4 Å². The Morgan fingerprint density at radius 2 is 1.59 bits per heavy atom. The highest BCUT2D eigenvalue weighted by Crippen LogP contribution is 2.29. The first-order valence-corrected chi connectivity index (χ1v) is 10.00. The summed E-state index contributed by atoms with van der Waals surface area (Å²) in [5.74, 6) is 0.0110. The summed E-state index contributed by atoms with van der Waals surface area (Å²) in [6.45, 7) is 1.39. The van der Waals surface area contributed by atoms with E-state index in [-0.39, 0.29) is 11.8 Å². The van der Waals surface area contributed by atoms with Gasteiger partial charge in [-0.15, -0.1) is 0 Å². The Morgan fingerprint density at radius 3 is 2.34 bits per heavy atom. The molecule has 1 N–H and O–H groups in total. The van der Waals surface area contributed by atoms with E-state index >= 15 is 0 Å². The second kappa shape index (κ2) is 8.50. The Morgan fingerprint density at radius 1 is 0.897 bits per heavy atom. The van der Waals surface area contributed by atoms with Crippen LogP contribution in [0.5, 0.6) is 0 Å². The van der Waals surface area contributed by atoms with Crippen molar-refractivity contribution in [2.75, 3.05) is 18.4 Å². The number of hydrogen-bond acceptors (Lipinski definition) is 2. The van der Waals surface area contributed by atoms with Crippen LogP contribution in [0.15, 0.2) is 78.9 Å². The van der Waals surface area contributed by atoms with Crippen LogP contribution in [0.1, 0.15) is 38.6 Å². The average Bonchev–Trinajstić information content (AvgIpc) is 3.25. The number of nitrogens with zero attached hydrogens (tertiary/aromatic N) is 1. The molecule has 4 rings (SSSR count). The number of carbonyl (C=O) groups excluding carboxylic acids is 2. The summed E-state index contributed by atoms with van der Waals surface area (Å²) in [6.07, 6.45) is 0.940. The molecule has 4 nitrogen and oxygen atoms in total. The third-order valence-corrected chi connectivity index (χ3v) is 5.51. The third kappa shape index (κ3) is 4.33. The molecular formula is C24H21ClN2O2. The zero-order chi connectivity index (χ0) is 20.2. The lowest BCUT2D eigenvalue weighted by Gasteiger charge is -2.19. The van der Waals surface area contributed by atoms with Crippen LogP contribution in [0.4, 0.5) is 5.69 Å². The molecular weight excluding hydrogens is 384 g/mol. The van der Waals surface area contributed by atoms with Crippen molar-refractivity contribution in [2.24, 2.45) is 0 Å². The molecule has 0 aromatic heterocycles. The zero-order valence-electron chi connectivity index (χ0n) is 15.8. The molecule has 1 saturated heterocycles. The Balaban J connectivity index is 1.50. The first-order valence-electron chi connectivity index (χ1n) is 9.62. The molecule has 0 aliphatic carbocycles. The minimum absolute atomic E-state index is 0.0598. The van der Waals surface area contributed by atoms with Gasteiger partial charge < -0.3 is 10.2 Å². The third-order valence-electron chi connectivity index (χ3n) is 5.26. The summed E-state index contributed by atoms with van der Waals surface area (Å²) in [5, 5.41) is 3.43. The molecule has 0 bridgehead atoms. The van der Waals surface area contributed by atoms with Gasteiger partial charge in [-0.25, -0.2) is 0 Å². The zero-order valence-corrected chi connectivity index (χ0v) is 16.6. The van der Waals surface area contributed by atoms with Crippen LogP contribution in [-0.4, -0.2) is 29.8 Å². The van der Waals surface area contributed by atoms with Gasteiger partial charge >= 0.3 is 0 Å². The van der Waals surface area contributed by atoms with Crippen molar-refractivity contribution in [1.82, 2.24) is 4.90 Å². The topological polar surface area (TPSA) is 49.4 Å². The second-order valence-electron chi connectivity index (χ2n) is 7.15. The van der Waals surface area contributed by atoms with Crippen molar-refractivity contribution >= 4 is 29.1 Å². The Kier molecular flexibility index (Phi) is 5.63. The van der Waals surface area contributed by atoms with Crippen molar-refractivity contribution in [3.63, 3.8) is 0 Å². The van der Waals surface area contributed by atoms with E-state index in [2.05, 4.69) is 17.4 Å². The highest BCUT2D eigenvalue weighted by molar-refractivity contribution is 6.30. The maximum Gasteiger partial charge on any atom is 0.255 e. The number of likely N-dealkylation sites (tertiary alicyclic amines) is 1. The number of amides is 2. The molecule has 0 saturated carbocycles. The number of para-hydroxylation sites is 1. The van der Waals surface area contributed by atoms with Crippen molar-refractivity contribution in [1.29, 1.82) is 0 Å². The molecule has 146 valence electrons. The molecule has 1 aliphatic heterocycles. The predicted octanol–water partition coefficient (Wildman–Crippen LogP) is 5.22. The van der Waals surface area contributed by atoms with E-state index in [0.717, 1.165) is 6.42 Å². The van der Waals surface area contributed by atoms with Crippen LogP contribution in [0.2, 0.25) is 5.02 Å². The summed E-state index contributed by atoms with van der Waals surface area (Å²) in [5.41, 5.74) is 2.76. The summed E-state index contributed by atoms with van der Waals surface area (Å²) < 4.78 is 0. The largest absolute Gasteiger partial charge is 0.338 e. The molecule has 29 heavy (non-hydrogen) atoms. The van der Waals surface area contributed by atoms with Crippen LogP contribution < -0.4 is 5.32 Å². The van der Waals surface area contributed by atoms with Gasteiger partial charge in [0.2, 0.25) is 0 Å². The summed E-state index contributed by atoms with van der Waals surface area (Å²) in [4.78, 5) is 27.6. The number of halogens is 1. The maximum absolute atomic E-state index is 13.2. The lowest BCUT2D eigenvalue weighted by Crippen LogP contribution is -2.29. The van der Waals surface area contributed by atoms with Gasteiger partial charge in [0.15, 0.2) is 0 Å². The van der Waals surface area contributed by atoms with Crippen molar-refractivity contribution < 1.29 is 9.59 Å². The average molecular weight is 405 g/mol. The van der Waals surface area contributed by atoms with Gasteiger partial charge in [0.25, 0.3) is 11.8 Å². The van der Waals surface area contributed by atoms with Crippen molar-refractivity contribution in [3.8, 4) is 0 Å². The smallest absolute Gasteiger partial charge is 0.255 e. The molecule has 2 amide bonds. The fraction of sp³-hybridized carbons (Fsp3) is 0.167. The maximum atomic E-state index is 13.2. The number of carbonyl (C=O) groups is 2. The molecule has 1 fully saturated rings. The minimum atomic E-state index is -0.273. The van der Waals surface area contributed by atoms with E-state index in [9.17, 15) is 9.59 Å². The molecule has 3 aromatic rings. The number of benzene rings is 3. The Hall–Kier alpha value is -3.11. The normalized spacial score (nSPS) is 15.9. The van der Waals surface area contributed by atoms with E-state index < -0.39 is 0 Å². The van der Waals surface area contributed by atoms with Gasteiger partial charge in [-0.2, -0.15) is 0 Å². The SMILES string of the molecule is O=C(Nc1ccccc1C(=O)N1CCC(c2ccccc2)C1)c1ccc(Cl)cc1. The summed E-state index contributed by atoms with van der Waals surface area (Å²) >= 11 is 5.89. The van der Waals surface area contributed by atoms with Gasteiger partial charge in [-0.1, -0.05) is 54.1 Å². The molecule has 3 aromatic carbocycles. The molecule has 1 aliphatic rings. The fourth-order valence-corrected chi connectivity index (χ4v) is 3.81. The quantitative estimate of drug-likeness (QED) is 0.647. The lowest BCUT2D eigenvalue weighted by atomic mass is 9.99. The molecule has 0 spiro atoms. The monoisotopic (exact) mass is 404 g/mol. The number of anilines is 1. The van der Waals surface area contributed by atoms with Crippen LogP contribution in [0.3, 0.4) is 0 Å². The molecule has 1 atom stereocenters. The Bertz CT molecular complexity index is 1020. The van der Waals surface area contributed by atoms with Gasteiger partial charge in [-0.3, -0.25) is 9.59 Å². The van der Waals surface area contributed by atoms with Gasteiger partial charge in [-0.05, 0) is 48.4 Å². The highest BCUT2D eigenvalue weighted by atomic mass is 35.5. The predicted molar refractivity (Wildman–Crippen MR) is 116 cm³/mol. The van der Waals surface area contributed by atoms with E-state index in [4.69, 9.17) is 11.6 Å². The fourth-order valence-electron chi connectivity index (χ4n) is 3.69. The number of nitrogens with one attached hydrogen (secondary N) is 1. The lowest BCUT2D eigenvalue weighted by molar-refractivity contribution is 0.0792. The summed E-state index contributed by atoms with van der Waals surface area (Å²) in [7, 11) is 0. The first-order chi connectivity index (χ1) is 14.1. The van der Waals surface area contributed by atoms with Gasteiger partial charge in [0.05, 0.1) is 11.3 Å². The van der Waals surface area contributed by atoms with Gasteiger partial charge in [0.1, 0.15) is 0 Å². The van der Waals surface area contributed by atoms with E-state index in [1.807, 2.05) is 35.2 Å². The second-order valence-corrected chi connectivity index (χ2v) is 7.59. The van der Waals surface area contributed by atoms with Crippen LogP contribution in [0.25, 0.3) is 0 Å². The van der Waals surface area contributed by atoms with E-state index in [1.165, 1.54) is 5.56 Å². The number of hydrogen-bond donors (Lipinski definition) is 1. The molecule has 0 radical (unpaired) electrons. The Labute approximate surface area is 175 Å². The minimum Gasteiger partial charge on any atom is -0.338 e. The first kappa shape index (κ1) is 19.2. The molecule has 5 heteroatoms. The number of rotatable bonds is 4.